The number of aliphatic carboxylic acids is 1. The quantitative estimate of drug-likeness (QED) is 0.675. The average Bonchev–Trinajstić information content (AvgIpc) is 2.69. The second-order valence-corrected chi connectivity index (χ2v) is 6.96. The van der Waals surface area contributed by atoms with Gasteiger partial charge in [-0.1, -0.05) is 37.5 Å². The highest BCUT2D eigenvalue weighted by Gasteiger charge is 2.25. The van der Waals surface area contributed by atoms with Gasteiger partial charge in [0.1, 0.15) is 17.5 Å². The van der Waals surface area contributed by atoms with Crippen LogP contribution in [0.5, 0.6) is 11.5 Å². The van der Waals surface area contributed by atoms with Crippen molar-refractivity contribution in [3.05, 3.63) is 60.2 Å². The highest BCUT2D eigenvalue weighted by atomic mass is 16.5. The summed E-state index contributed by atoms with van der Waals surface area (Å²) in [7, 11) is 0. The maximum Gasteiger partial charge on any atom is 0.321 e. The van der Waals surface area contributed by atoms with Gasteiger partial charge in [0.25, 0.3) is 0 Å². The first kappa shape index (κ1) is 19.1. The Balaban J connectivity index is 1.59. The Morgan fingerprint density at radius 2 is 1.59 bits per heavy atom. The third-order valence-corrected chi connectivity index (χ3v) is 4.88. The lowest BCUT2D eigenvalue weighted by atomic mass is 9.94. The number of carbonyl (C=O) groups is 2. The second kappa shape index (κ2) is 9.33. The Labute approximate surface area is 159 Å². The molecule has 2 aromatic carbocycles. The SMILES string of the molecule is O=C(CC(NC1CCCCC1)C(=O)O)c1ccc(Oc2ccccc2)cc1. The fraction of sp³-hybridized carbons (Fsp3) is 0.364. The van der Waals surface area contributed by atoms with Crippen LogP contribution in [0.1, 0.15) is 48.9 Å². The third-order valence-electron chi connectivity index (χ3n) is 4.88. The number of benzene rings is 2. The van der Waals surface area contributed by atoms with Gasteiger partial charge in [-0.2, -0.15) is 0 Å². The van der Waals surface area contributed by atoms with Gasteiger partial charge in [0, 0.05) is 18.0 Å². The molecule has 0 amide bonds. The van der Waals surface area contributed by atoms with Gasteiger partial charge in [-0.25, -0.2) is 0 Å². The van der Waals surface area contributed by atoms with E-state index in [4.69, 9.17) is 4.74 Å². The number of ether oxygens (including phenoxy) is 1. The largest absolute Gasteiger partial charge is 0.480 e. The lowest BCUT2D eigenvalue weighted by Gasteiger charge is -2.26. The fourth-order valence-electron chi connectivity index (χ4n) is 3.41. The maximum atomic E-state index is 12.5. The van der Waals surface area contributed by atoms with E-state index in [0.717, 1.165) is 31.4 Å². The Hall–Kier alpha value is -2.66. The van der Waals surface area contributed by atoms with Crippen LogP contribution in [0.4, 0.5) is 0 Å². The summed E-state index contributed by atoms with van der Waals surface area (Å²) in [6.07, 6.45) is 5.33. The molecule has 5 nitrogen and oxygen atoms in total. The number of nitrogens with one attached hydrogen (secondary N) is 1. The first-order valence-corrected chi connectivity index (χ1v) is 9.47. The number of carboxylic acids is 1. The zero-order valence-electron chi connectivity index (χ0n) is 15.3. The number of carboxylic acid groups (broad SMARTS) is 1. The topological polar surface area (TPSA) is 75.6 Å². The summed E-state index contributed by atoms with van der Waals surface area (Å²) in [6, 6.07) is 15.6. The van der Waals surface area contributed by atoms with Crippen LogP contribution in [-0.4, -0.2) is 28.9 Å². The van der Waals surface area contributed by atoms with Crippen LogP contribution in [0, 0.1) is 0 Å². The van der Waals surface area contributed by atoms with Crippen molar-refractivity contribution in [3.63, 3.8) is 0 Å². The lowest BCUT2D eigenvalue weighted by molar-refractivity contribution is -0.139. The summed E-state index contributed by atoms with van der Waals surface area (Å²) >= 11 is 0. The monoisotopic (exact) mass is 367 g/mol. The zero-order chi connectivity index (χ0) is 19.1. The number of Topliss-reactive ketones (excluding diaryl/α,β-unsaturated/α-hetero) is 1. The third kappa shape index (κ3) is 5.66. The summed E-state index contributed by atoms with van der Waals surface area (Å²) < 4.78 is 5.72. The van der Waals surface area contributed by atoms with E-state index in [1.807, 2.05) is 30.3 Å². The Bertz CT molecular complexity index is 752. The Morgan fingerprint density at radius 1 is 0.963 bits per heavy atom. The molecule has 142 valence electrons. The molecule has 1 aliphatic carbocycles. The van der Waals surface area contributed by atoms with Crippen molar-refractivity contribution in [2.75, 3.05) is 0 Å². The van der Waals surface area contributed by atoms with E-state index in [9.17, 15) is 14.7 Å². The van der Waals surface area contributed by atoms with Gasteiger partial charge in [0.05, 0.1) is 0 Å². The molecule has 2 N–H and O–H groups in total. The number of carbonyl (C=O) groups excluding carboxylic acids is 1. The Morgan fingerprint density at radius 3 is 2.22 bits per heavy atom. The van der Waals surface area contributed by atoms with E-state index in [1.54, 1.807) is 24.3 Å². The molecule has 2 aromatic rings. The van der Waals surface area contributed by atoms with Crippen molar-refractivity contribution in [1.82, 2.24) is 5.32 Å². The van der Waals surface area contributed by atoms with Crippen molar-refractivity contribution in [1.29, 1.82) is 0 Å². The molecule has 0 heterocycles. The van der Waals surface area contributed by atoms with E-state index >= 15 is 0 Å². The van der Waals surface area contributed by atoms with Crippen molar-refractivity contribution >= 4 is 11.8 Å². The summed E-state index contributed by atoms with van der Waals surface area (Å²) in [5.41, 5.74) is 0.493. The number of hydrogen-bond donors (Lipinski definition) is 2. The normalized spacial score (nSPS) is 15.9. The molecule has 1 saturated carbocycles. The molecule has 0 radical (unpaired) electrons. The predicted octanol–water partition coefficient (Wildman–Crippen LogP) is 4.43. The van der Waals surface area contributed by atoms with Gasteiger partial charge in [-0.15, -0.1) is 0 Å². The highest BCUT2D eigenvalue weighted by Crippen LogP contribution is 2.22. The van der Waals surface area contributed by atoms with E-state index in [0.29, 0.717) is 11.3 Å². The first-order valence-electron chi connectivity index (χ1n) is 9.47. The summed E-state index contributed by atoms with van der Waals surface area (Å²) in [4.78, 5) is 24.1. The molecule has 3 rings (SSSR count). The van der Waals surface area contributed by atoms with Gasteiger partial charge in [0.15, 0.2) is 5.78 Å². The van der Waals surface area contributed by atoms with Crippen molar-refractivity contribution in [3.8, 4) is 11.5 Å². The van der Waals surface area contributed by atoms with Crippen LogP contribution in [0.15, 0.2) is 54.6 Å². The second-order valence-electron chi connectivity index (χ2n) is 6.96. The van der Waals surface area contributed by atoms with Gasteiger partial charge in [-0.05, 0) is 49.2 Å². The van der Waals surface area contributed by atoms with E-state index in [2.05, 4.69) is 5.32 Å². The molecule has 27 heavy (non-hydrogen) atoms. The lowest BCUT2D eigenvalue weighted by Crippen LogP contribution is -2.45. The molecule has 0 aliphatic heterocycles. The molecule has 0 aromatic heterocycles. The van der Waals surface area contributed by atoms with Crippen molar-refractivity contribution in [2.24, 2.45) is 0 Å². The fourth-order valence-corrected chi connectivity index (χ4v) is 3.41. The standard InChI is InChI=1S/C22H25NO4/c24-21(15-20(22(25)26)23-17-7-3-1-4-8-17)16-11-13-19(14-12-16)27-18-9-5-2-6-10-18/h2,5-6,9-14,17,20,23H,1,3-4,7-8,15H2,(H,25,26). The summed E-state index contributed by atoms with van der Waals surface area (Å²) in [5, 5.41) is 12.6. The van der Waals surface area contributed by atoms with Gasteiger partial charge >= 0.3 is 5.97 Å². The summed E-state index contributed by atoms with van der Waals surface area (Å²) in [6.45, 7) is 0. The van der Waals surface area contributed by atoms with E-state index in [1.165, 1.54) is 6.42 Å². The molecule has 0 spiro atoms. The van der Waals surface area contributed by atoms with Gasteiger partial charge in [0.2, 0.25) is 0 Å². The molecule has 0 saturated heterocycles. The number of para-hydroxylation sites is 1. The van der Waals surface area contributed by atoms with Crippen molar-refractivity contribution in [2.45, 2.75) is 50.6 Å². The van der Waals surface area contributed by atoms with Crippen LogP contribution in [0.3, 0.4) is 0 Å². The zero-order valence-corrected chi connectivity index (χ0v) is 15.3. The molecule has 1 unspecified atom stereocenters. The molecule has 1 atom stereocenters. The minimum absolute atomic E-state index is 0.0509. The average molecular weight is 367 g/mol. The molecular formula is C22H25NO4. The molecule has 1 aliphatic rings. The molecule has 0 bridgehead atoms. The van der Waals surface area contributed by atoms with Crippen LogP contribution in [0.2, 0.25) is 0 Å². The van der Waals surface area contributed by atoms with E-state index < -0.39 is 12.0 Å². The predicted molar refractivity (Wildman–Crippen MR) is 103 cm³/mol. The summed E-state index contributed by atoms with van der Waals surface area (Å²) in [5.74, 6) is 0.196. The van der Waals surface area contributed by atoms with Gasteiger partial charge in [-0.3, -0.25) is 9.59 Å². The number of ketones is 1. The van der Waals surface area contributed by atoms with Crippen LogP contribution < -0.4 is 10.1 Å². The highest BCUT2D eigenvalue weighted by molar-refractivity contribution is 5.98. The van der Waals surface area contributed by atoms with E-state index in [-0.39, 0.29) is 18.2 Å². The molecule has 1 fully saturated rings. The van der Waals surface area contributed by atoms with Crippen LogP contribution >= 0.6 is 0 Å². The number of hydrogen-bond acceptors (Lipinski definition) is 4. The molecular weight excluding hydrogens is 342 g/mol. The smallest absolute Gasteiger partial charge is 0.321 e. The number of rotatable bonds is 8. The maximum absolute atomic E-state index is 12.5. The minimum atomic E-state index is -0.974. The Kier molecular flexibility index (Phi) is 6.60. The minimum Gasteiger partial charge on any atom is -0.480 e. The van der Waals surface area contributed by atoms with Crippen LogP contribution in [0.25, 0.3) is 0 Å². The van der Waals surface area contributed by atoms with Gasteiger partial charge < -0.3 is 15.2 Å². The van der Waals surface area contributed by atoms with Crippen LogP contribution in [-0.2, 0) is 4.79 Å². The first-order chi connectivity index (χ1) is 13.1. The van der Waals surface area contributed by atoms with Crippen molar-refractivity contribution < 1.29 is 19.4 Å². The molecule has 5 heteroatoms.